The van der Waals surface area contributed by atoms with E-state index in [-0.39, 0.29) is 11.8 Å². The van der Waals surface area contributed by atoms with Gasteiger partial charge in [-0.3, -0.25) is 19.6 Å². The first-order valence-corrected chi connectivity index (χ1v) is 14.8. The molecule has 5 fully saturated rings. The summed E-state index contributed by atoms with van der Waals surface area (Å²) in [4.78, 5) is 24.1. The molecule has 4 bridgehead atoms. The van der Waals surface area contributed by atoms with Crippen LogP contribution >= 0.6 is 0 Å². The van der Waals surface area contributed by atoms with E-state index in [4.69, 9.17) is 5.10 Å². The van der Waals surface area contributed by atoms with Crippen LogP contribution < -0.4 is 16.0 Å². The molecule has 3 N–H and O–H groups in total. The molecule has 1 unspecified atom stereocenters. The minimum absolute atomic E-state index is 0.205. The van der Waals surface area contributed by atoms with Crippen molar-refractivity contribution in [3.63, 3.8) is 0 Å². The number of imide groups is 1. The molecule has 0 radical (unpaired) electrons. The number of rotatable bonds is 8. The molecule has 39 heavy (non-hydrogen) atoms. The van der Waals surface area contributed by atoms with Crippen molar-refractivity contribution in [3.05, 3.63) is 59.3 Å². The van der Waals surface area contributed by atoms with E-state index >= 15 is 0 Å². The smallest absolute Gasteiger partial charge is 0.235 e. The van der Waals surface area contributed by atoms with Crippen LogP contribution in [0, 0.1) is 17.8 Å². The summed E-state index contributed by atoms with van der Waals surface area (Å²) >= 11 is 0. The molecule has 4 saturated carbocycles. The Morgan fingerprint density at radius 2 is 1.67 bits per heavy atom. The Labute approximate surface area is 230 Å². The molecule has 1 saturated heterocycles. The molecule has 2 heterocycles. The van der Waals surface area contributed by atoms with Crippen molar-refractivity contribution in [2.75, 3.05) is 11.9 Å². The van der Waals surface area contributed by atoms with E-state index in [9.17, 15) is 9.59 Å². The standard InChI is InChI=1S/C32H39N5O2/c1-37-30-25(29(36-37)26-9-10-28(38)35-31(26)39)3-2-4-27(30)33-19-21-7-5-20(6-8-21)11-12-34-32-16-22-13-23(17-32)15-24(14-22)18-32/h2-8,22-24,26,33-34H,9-19H2,1H3,(H,35,38,39). The van der Waals surface area contributed by atoms with Gasteiger partial charge in [-0.05, 0) is 92.9 Å². The zero-order valence-electron chi connectivity index (χ0n) is 22.8. The highest BCUT2D eigenvalue weighted by molar-refractivity contribution is 6.03. The van der Waals surface area contributed by atoms with Gasteiger partial charge in [0.15, 0.2) is 0 Å². The van der Waals surface area contributed by atoms with Gasteiger partial charge in [0.05, 0.1) is 22.8 Å². The first-order valence-electron chi connectivity index (χ1n) is 14.8. The van der Waals surface area contributed by atoms with E-state index in [1.165, 1.54) is 49.7 Å². The lowest BCUT2D eigenvalue weighted by molar-refractivity contribution is -0.134. The summed E-state index contributed by atoms with van der Waals surface area (Å²) in [6, 6.07) is 15.1. The average molecular weight is 526 g/mol. The number of fused-ring (bicyclic) bond motifs is 1. The number of amides is 2. The normalized spacial score (nSPS) is 29.7. The minimum atomic E-state index is -0.397. The predicted molar refractivity (Wildman–Crippen MR) is 152 cm³/mol. The zero-order chi connectivity index (χ0) is 26.6. The highest BCUT2D eigenvalue weighted by atomic mass is 16.2. The molecule has 4 aliphatic carbocycles. The molecule has 0 spiro atoms. The maximum atomic E-state index is 12.5. The number of anilines is 1. The Bertz CT molecular complexity index is 1370. The summed E-state index contributed by atoms with van der Waals surface area (Å²) in [5.74, 6) is 2.10. The Morgan fingerprint density at radius 1 is 0.974 bits per heavy atom. The van der Waals surface area contributed by atoms with Crippen molar-refractivity contribution < 1.29 is 9.59 Å². The highest BCUT2D eigenvalue weighted by Gasteiger charge is 2.50. The van der Waals surface area contributed by atoms with Gasteiger partial charge >= 0.3 is 0 Å². The van der Waals surface area contributed by atoms with Crippen LogP contribution in [0.25, 0.3) is 10.9 Å². The first-order chi connectivity index (χ1) is 18.9. The maximum Gasteiger partial charge on any atom is 0.235 e. The predicted octanol–water partition coefficient (Wildman–Crippen LogP) is 4.81. The summed E-state index contributed by atoms with van der Waals surface area (Å²) in [6.07, 6.45) is 10.6. The van der Waals surface area contributed by atoms with Crippen LogP contribution in [0.3, 0.4) is 0 Å². The van der Waals surface area contributed by atoms with Crippen molar-refractivity contribution in [1.29, 1.82) is 0 Å². The molecule has 1 aromatic heterocycles. The van der Waals surface area contributed by atoms with Gasteiger partial charge in [0.2, 0.25) is 11.8 Å². The summed E-state index contributed by atoms with van der Waals surface area (Å²) in [5.41, 5.74) is 5.77. The van der Waals surface area contributed by atoms with Crippen LogP contribution in [-0.2, 0) is 29.6 Å². The van der Waals surface area contributed by atoms with E-state index in [0.29, 0.717) is 24.9 Å². The van der Waals surface area contributed by atoms with E-state index in [1.807, 2.05) is 23.9 Å². The lowest BCUT2D eigenvalue weighted by Gasteiger charge is -2.57. The Morgan fingerprint density at radius 3 is 2.36 bits per heavy atom. The molecular weight excluding hydrogens is 486 g/mol. The SMILES string of the molecule is Cn1nc(C2CCC(=O)NC2=O)c2cccc(NCc3ccc(CCNC45CC6CC(CC(C6)C4)C5)cc3)c21. The van der Waals surface area contributed by atoms with Crippen molar-refractivity contribution >= 4 is 28.4 Å². The van der Waals surface area contributed by atoms with Crippen molar-refractivity contribution in [3.8, 4) is 0 Å². The summed E-state index contributed by atoms with van der Waals surface area (Å²) in [6.45, 7) is 1.78. The second kappa shape index (κ2) is 9.77. The quantitative estimate of drug-likeness (QED) is 0.368. The second-order valence-electron chi connectivity index (χ2n) is 12.8. The van der Waals surface area contributed by atoms with Gasteiger partial charge in [0, 0.05) is 30.9 Å². The van der Waals surface area contributed by atoms with Gasteiger partial charge in [0.1, 0.15) is 0 Å². The maximum absolute atomic E-state index is 12.5. The third-order valence-electron chi connectivity index (χ3n) is 9.92. The molecule has 7 heteroatoms. The van der Waals surface area contributed by atoms with Crippen LogP contribution in [-0.4, -0.2) is 33.7 Å². The Hall–Kier alpha value is -3.19. The average Bonchev–Trinajstić information content (AvgIpc) is 3.24. The van der Waals surface area contributed by atoms with Crippen LogP contribution in [0.15, 0.2) is 42.5 Å². The number of carbonyl (C=O) groups is 2. The van der Waals surface area contributed by atoms with Gasteiger partial charge in [-0.2, -0.15) is 5.10 Å². The number of para-hydroxylation sites is 1. The van der Waals surface area contributed by atoms with Crippen molar-refractivity contribution in [2.45, 2.75) is 75.8 Å². The van der Waals surface area contributed by atoms with Crippen molar-refractivity contribution in [2.24, 2.45) is 24.8 Å². The molecule has 1 atom stereocenters. The Kier molecular flexibility index (Phi) is 6.22. The number of hydrogen-bond donors (Lipinski definition) is 3. The molecule has 8 rings (SSSR count). The largest absolute Gasteiger partial charge is 0.379 e. The lowest BCUT2D eigenvalue weighted by Crippen LogP contribution is -2.58. The van der Waals surface area contributed by atoms with Crippen LogP contribution in [0.5, 0.6) is 0 Å². The number of hydrogen-bond acceptors (Lipinski definition) is 5. The lowest BCUT2D eigenvalue weighted by atomic mass is 9.53. The summed E-state index contributed by atoms with van der Waals surface area (Å²) < 4.78 is 1.84. The van der Waals surface area contributed by atoms with Gasteiger partial charge < -0.3 is 10.6 Å². The van der Waals surface area contributed by atoms with Gasteiger partial charge in [-0.15, -0.1) is 0 Å². The number of nitrogens with zero attached hydrogens (tertiary/aromatic N) is 2. The fraction of sp³-hybridized carbons (Fsp3) is 0.531. The monoisotopic (exact) mass is 525 g/mol. The summed E-state index contributed by atoms with van der Waals surface area (Å²) in [5, 5.41) is 15.7. The number of carbonyl (C=O) groups excluding carboxylic acids is 2. The molecule has 5 aliphatic rings. The minimum Gasteiger partial charge on any atom is -0.379 e. The number of benzene rings is 2. The molecule has 2 aromatic carbocycles. The number of nitrogens with one attached hydrogen (secondary N) is 3. The molecule has 204 valence electrons. The van der Waals surface area contributed by atoms with Crippen LogP contribution in [0.4, 0.5) is 5.69 Å². The van der Waals surface area contributed by atoms with Gasteiger partial charge in [-0.1, -0.05) is 36.4 Å². The summed E-state index contributed by atoms with van der Waals surface area (Å²) in [7, 11) is 1.91. The zero-order valence-corrected chi connectivity index (χ0v) is 22.8. The van der Waals surface area contributed by atoms with Crippen molar-refractivity contribution in [1.82, 2.24) is 20.4 Å². The van der Waals surface area contributed by atoms with Gasteiger partial charge in [0.25, 0.3) is 0 Å². The molecule has 1 aliphatic heterocycles. The number of aryl methyl sites for hydroxylation is 1. The fourth-order valence-electron chi connectivity index (χ4n) is 8.54. The molecular formula is C32H39N5O2. The van der Waals surface area contributed by atoms with Crippen LogP contribution in [0.1, 0.15) is 74.1 Å². The topological polar surface area (TPSA) is 88.0 Å². The third kappa shape index (κ3) is 4.75. The van der Waals surface area contributed by atoms with E-state index in [0.717, 1.165) is 53.0 Å². The molecule has 3 aromatic rings. The van der Waals surface area contributed by atoms with Crippen LogP contribution in [0.2, 0.25) is 0 Å². The van der Waals surface area contributed by atoms with E-state index in [1.54, 1.807) is 0 Å². The number of aromatic nitrogens is 2. The first kappa shape index (κ1) is 24.8. The highest BCUT2D eigenvalue weighted by Crippen LogP contribution is 2.55. The Balaban J connectivity index is 0.976. The van der Waals surface area contributed by atoms with E-state index < -0.39 is 5.92 Å². The fourth-order valence-corrected chi connectivity index (χ4v) is 8.54. The third-order valence-corrected chi connectivity index (χ3v) is 9.92. The molecule has 7 nitrogen and oxygen atoms in total. The van der Waals surface area contributed by atoms with Gasteiger partial charge in [-0.25, -0.2) is 0 Å². The van der Waals surface area contributed by atoms with E-state index in [2.05, 4.69) is 46.3 Å². The second-order valence-corrected chi connectivity index (χ2v) is 12.8. The number of piperidine rings is 1. The molecule has 2 amide bonds.